The number of hydrogen-bond acceptors (Lipinski definition) is 3. The lowest BCUT2D eigenvalue weighted by molar-refractivity contribution is -0.0530. The minimum absolute atomic E-state index is 0.0127. The van der Waals surface area contributed by atoms with E-state index < -0.39 is 6.61 Å². The first kappa shape index (κ1) is 15.5. The lowest BCUT2D eigenvalue weighted by Gasteiger charge is -2.35. The van der Waals surface area contributed by atoms with E-state index in [2.05, 4.69) is 10.1 Å². The Kier molecular flexibility index (Phi) is 4.95. The van der Waals surface area contributed by atoms with Gasteiger partial charge in [-0.25, -0.2) is 4.79 Å². The molecule has 0 bridgehead atoms. The number of halogens is 2. The Morgan fingerprint density at radius 3 is 2.38 bits per heavy atom. The van der Waals surface area contributed by atoms with Crippen LogP contribution in [-0.2, 0) is 4.74 Å². The largest absolute Gasteiger partial charge is 0.435 e. The predicted octanol–water partition coefficient (Wildman–Crippen LogP) is 2.93. The fourth-order valence-corrected chi connectivity index (χ4v) is 2.27. The highest BCUT2D eigenvalue weighted by atomic mass is 19.3. The van der Waals surface area contributed by atoms with Crippen LogP contribution in [0.1, 0.15) is 13.8 Å². The van der Waals surface area contributed by atoms with Crippen LogP contribution in [0.5, 0.6) is 5.75 Å². The molecule has 2 atom stereocenters. The Balaban J connectivity index is 1.93. The zero-order valence-corrected chi connectivity index (χ0v) is 11.9. The van der Waals surface area contributed by atoms with Crippen molar-refractivity contribution in [1.82, 2.24) is 4.90 Å². The van der Waals surface area contributed by atoms with Crippen molar-refractivity contribution in [3.8, 4) is 5.75 Å². The quantitative estimate of drug-likeness (QED) is 0.933. The van der Waals surface area contributed by atoms with Crippen molar-refractivity contribution in [3.63, 3.8) is 0 Å². The maximum atomic E-state index is 12.1. The Bertz CT molecular complexity index is 472. The van der Waals surface area contributed by atoms with E-state index >= 15 is 0 Å². The van der Waals surface area contributed by atoms with Gasteiger partial charge in [-0.1, -0.05) is 0 Å². The molecule has 116 valence electrons. The van der Waals surface area contributed by atoms with Crippen molar-refractivity contribution >= 4 is 11.7 Å². The first-order valence-corrected chi connectivity index (χ1v) is 6.70. The summed E-state index contributed by atoms with van der Waals surface area (Å²) in [6.45, 7) is 1.99. The van der Waals surface area contributed by atoms with E-state index in [1.807, 2.05) is 13.8 Å². The number of rotatable bonds is 3. The maximum Gasteiger partial charge on any atom is 0.387 e. The lowest BCUT2D eigenvalue weighted by atomic mass is 10.2. The van der Waals surface area contributed by atoms with Gasteiger partial charge in [0, 0.05) is 18.8 Å². The lowest BCUT2D eigenvalue weighted by Crippen LogP contribution is -2.49. The average Bonchev–Trinajstić information content (AvgIpc) is 2.39. The number of carbonyl (C=O) groups is 1. The average molecular weight is 300 g/mol. The van der Waals surface area contributed by atoms with E-state index in [-0.39, 0.29) is 24.0 Å². The number of carbonyl (C=O) groups excluding carboxylic acids is 1. The van der Waals surface area contributed by atoms with Gasteiger partial charge in [-0.2, -0.15) is 8.78 Å². The van der Waals surface area contributed by atoms with Crippen molar-refractivity contribution in [2.75, 3.05) is 18.4 Å². The molecule has 0 saturated carbocycles. The number of morpholine rings is 1. The second kappa shape index (κ2) is 6.71. The normalized spacial score (nSPS) is 22.2. The summed E-state index contributed by atoms with van der Waals surface area (Å²) in [7, 11) is 0. The molecular formula is C14H18F2N2O3. The van der Waals surface area contributed by atoms with Crippen LogP contribution in [0.25, 0.3) is 0 Å². The van der Waals surface area contributed by atoms with Crippen LogP contribution in [0, 0.1) is 0 Å². The number of ether oxygens (including phenoxy) is 2. The second-order valence-corrected chi connectivity index (χ2v) is 5.00. The fourth-order valence-electron chi connectivity index (χ4n) is 2.27. The molecule has 2 rings (SSSR count). The number of alkyl halides is 2. The third kappa shape index (κ3) is 4.56. The molecule has 0 radical (unpaired) electrons. The predicted molar refractivity (Wildman–Crippen MR) is 73.7 cm³/mol. The molecule has 1 aromatic rings. The van der Waals surface area contributed by atoms with Crippen molar-refractivity contribution in [2.24, 2.45) is 0 Å². The topological polar surface area (TPSA) is 50.8 Å². The smallest absolute Gasteiger partial charge is 0.387 e. The summed E-state index contributed by atoms with van der Waals surface area (Å²) < 4.78 is 33.9. The number of nitrogens with one attached hydrogen (secondary N) is 1. The van der Waals surface area contributed by atoms with Gasteiger partial charge >= 0.3 is 12.6 Å². The molecule has 2 unspecified atom stereocenters. The molecule has 2 amide bonds. The maximum absolute atomic E-state index is 12.1. The number of benzene rings is 1. The van der Waals surface area contributed by atoms with Crippen LogP contribution in [0.3, 0.4) is 0 Å². The molecular weight excluding hydrogens is 282 g/mol. The molecule has 1 aromatic carbocycles. The van der Waals surface area contributed by atoms with Crippen molar-refractivity contribution in [2.45, 2.75) is 32.7 Å². The highest BCUT2D eigenvalue weighted by Crippen LogP contribution is 2.19. The summed E-state index contributed by atoms with van der Waals surface area (Å²) in [5, 5.41) is 2.72. The summed E-state index contributed by atoms with van der Waals surface area (Å²) in [5.74, 6) is 0.0524. The van der Waals surface area contributed by atoms with Gasteiger partial charge in [0.05, 0.1) is 12.2 Å². The van der Waals surface area contributed by atoms with Gasteiger partial charge < -0.3 is 19.7 Å². The number of urea groups is 1. The minimum atomic E-state index is -2.86. The molecule has 0 spiro atoms. The Morgan fingerprint density at radius 2 is 1.86 bits per heavy atom. The molecule has 0 aliphatic carbocycles. The van der Waals surface area contributed by atoms with Gasteiger partial charge in [-0.05, 0) is 38.1 Å². The van der Waals surface area contributed by atoms with Gasteiger partial charge in [-0.3, -0.25) is 0 Å². The summed E-state index contributed by atoms with van der Waals surface area (Å²) >= 11 is 0. The van der Waals surface area contributed by atoms with E-state index in [1.165, 1.54) is 24.3 Å². The molecule has 1 aliphatic rings. The monoisotopic (exact) mass is 300 g/mol. The van der Waals surface area contributed by atoms with E-state index in [0.29, 0.717) is 18.8 Å². The molecule has 1 aliphatic heterocycles. The summed E-state index contributed by atoms with van der Waals surface area (Å²) in [5.41, 5.74) is 0.522. The molecule has 7 heteroatoms. The zero-order chi connectivity index (χ0) is 15.4. The summed E-state index contributed by atoms with van der Waals surface area (Å²) in [4.78, 5) is 13.8. The fraction of sp³-hybridized carbons (Fsp3) is 0.500. The molecule has 1 saturated heterocycles. The third-order valence-electron chi connectivity index (χ3n) is 3.04. The first-order chi connectivity index (χ1) is 9.94. The van der Waals surface area contributed by atoms with Gasteiger partial charge in [0.25, 0.3) is 0 Å². The Hall–Kier alpha value is -1.89. The van der Waals surface area contributed by atoms with Crippen molar-refractivity contribution in [3.05, 3.63) is 24.3 Å². The molecule has 21 heavy (non-hydrogen) atoms. The molecule has 0 aromatic heterocycles. The number of hydrogen-bond donors (Lipinski definition) is 1. The van der Waals surface area contributed by atoms with Crippen LogP contribution in [0.4, 0.5) is 19.3 Å². The molecule has 1 heterocycles. The SMILES string of the molecule is CC1CN(C(=O)Nc2ccc(OC(F)F)cc2)CC(C)O1. The van der Waals surface area contributed by atoms with Gasteiger partial charge in [0.15, 0.2) is 0 Å². The number of nitrogens with zero attached hydrogens (tertiary/aromatic N) is 1. The highest BCUT2D eigenvalue weighted by Gasteiger charge is 2.25. The third-order valence-corrected chi connectivity index (χ3v) is 3.04. The van der Waals surface area contributed by atoms with Crippen molar-refractivity contribution < 1.29 is 23.0 Å². The van der Waals surface area contributed by atoms with E-state index in [9.17, 15) is 13.6 Å². The van der Waals surface area contributed by atoms with E-state index in [4.69, 9.17) is 4.74 Å². The summed E-state index contributed by atoms with van der Waals surface area (Å²) in [6, 6.07) is 5.56. The Labute approximate surface area is 121 Å². The Morgan fingerprint density at radius 1 is 1.29 bits per heavy atom. The van der Waals surface area contributed by atoms with Gasteiger partial charge in [-0.15, -0.1) is 0 Å². The molecule has 5 nitrogen and oxygen atoms in total. The number of amides is 2. The van der Waals surface area contributed by atoms with E-state index in [0.717, 1.165) is 0 Å². The molecule has 1 N–H and O–H groups in total. The van der Waals surface area contributed by atoms with E-state index in [1.54, 1.807) is 4.90 Å². The van der Waals surface area contributed by atoms with Crippen molar-refractivity contribution in [1.29, 1.82) is 0 Å². The van der Waals surface area contributed by atoms with Crippen LogP contribution >= 0.6 is 0 Å². The van der Waals surface area contributed by atoms with Crippen LogP contribution in [-0.4, -0.2) is 42.8 Å². The van der Waals surface area contributed by atoms with Crippen LogP contribution in [0.15, 0.2) is 24.3 Å². The minimum Gasteiger partial charge on any atom is -0.435 e. The second-order valence-electron chi connectivity index (χ2n) is 5.00. The van der Waals surface area contributed by atoms with Gasteiger partial charge in [0.1, 0.15) is 5.75 Å². The highest BCUT2D eigenvalue weighted by molar-refractivity contribution is 5.89. The summed E-state index contributed by atoms with van der Waals surface area (Å²) in [6.07, 6.45) is -0.0253. The first-order valence-electron chi connectivity index (χ1n) is 6.70. The number of anilines is 1. The molecule has 1 fully saturated rings. The van der Waals surface area contributed by atoms with Gasteiger partial charge in [0.2, 0.25) is 0 Å². The standard InChI is InChI=1S/C14H18F2N2O3/c1-9-7-18(8-10(2)20-9)14(19)17-11-3-5-12(6-4-11)21-13(15)16/h3-6,9-10,13H,7-8H2,1-2H3,(H,17,19). The van der Waals surface area contributed by atoms with Crippen LogP contribution in [0.2, 0.25) is 0 Å². The van der Waals surface area contributed by atoms with Crippen LogP contribution < -0.4 is 10.1 Å². The zero-order valence-electron chi connectivity index (χ0n) is 11.9.